The Morgan fingerprint density at radius 2 is 1.66 bits per heavy atom. The first-order chi connectivity index (χ1) is 22.7. The fraction of sp³-hybridized carbons (Fsp3) is 0.216. The van der Waals surface area contributed by atoms with Gasteiger partial charge in [0.05, 0.1) is 12.7 Å². The molecule has 6 rings (SSSR count). The van der Waals surface area contributed by atoms with E-state index >= 15 is 0 Å². The van der Waals surface area contributed by atoms with Crippen molar-refractivity contribution in [3.05, 3.63) is 135 Å². The Bertz CT molecular complexity index is 1970. The molecule has 10 heteroatoms. The van der Waals surface area contributed by atoms with Gasteiger partial charge in [-0.3, -0.25) is 4.79 Å². The largest absolute Gasteiger partial charge is 0.493 e. The number of hydrogen-bond acceptors (Lipinski definition) is 7. The summed E-state index contributed by atoms with van der Waals surface area (Å²) in [5, 5.41) is 12.5. The van der Waals surface area contributed by atoms with Crippen LogP contribution in [-0.4, -0.2) is 27.8 Å². The van der Waals surface area contributed by atoms with E-state index in [1.54, 1.807) is 11.8 Å². The van der Waals surface area contributed by atoms with Crippen LogP contribution in [0.25, 0.3) is 0 Å². The number of carbonyl (C=O) groups excluding carboxylic acids is 1. The van der Waals surface area contributed by atoms with Crippen LogP contribution in [0.3, 0.4) is 0 Å². The van der Waals surface area contributed by atoms with Gasteiger partial charge in [0.1, 0.15) is 12.6 Å². The number of thioether (sulfide) groups is 1. The summed E-state index contributed by atoms with van der Waals surface area (Å²) < 4.78 is 13.9. The molecule has 2 N–H and O–H groups in total. The second-order valence-corrected chi connectivity index (χ2v) is 12.8. The molecule has 1 aliphatic rings. The number of allylic oxidation sites excluding steroid dienone is 1. The van der Waals surface area contributed by atoms with Gasteiger partial charge < -0.3 is 20.1 Å². The van der Waals surface area contributed by atoms with Crippen LogP contribution in [-0.2, 0) is 17.2 Å². The summed E-state index contributed by atoms with van der Waals surface area (Å²) >= 11 is 7.89. The summed E-state index contributed by atoms with van der Waals surface area (Å²) in [6.45, 7) is 8.59. The fourth-order valence-electron chi connectivity index (χ4n) is 5.58. The Hall–Kier alpha value is -4.73. The van der Waals surface area contributed by atoms with Crippen molar-refractivity contribution in [2.45, 2.75) is 51.3 Å². The molecule has 1 aromatic heterocycles. The zero-order valence-electron chi connectivity index (χ0n) is 26.9. The molecule has 0 radical (unpaired) electrons. The summed E-state index contributed by atoms with van der Waals surface area (Å²) in [7, 11) is 1.62. The summed E-state index contributed by atoms with van der Waals surface area (Å²) in [6.07, 6.45) is 0. The van der Waals surface area contributed by atoms with E-state index in [9.17, 15) is 4.79 Å². The maximum absolute atomic E-state index is 13.9. The number of carbonyl (C=O) groups is 1. The Morgan fingerprint density at radius 1 is 0.915 bits per heavy atom. The molecular weight excluding hydrogens is 630 g/mol. The molecule has 5 aromatic rings. The number of aromatic nitrogens is 3. The summed E-state index contributed by atoms with van der Waals surface area (Å²) in [5.41, 5.74) is 8.43. The number of aryl methyl sites for hydroxylation is 3. The van der Waals surface area contributed by atoms with Crippen molar-refractivity contribution < 1.29 is 14.3 Å². The monoisotopic (exact) mass is 665 g/mol. The quantitative estimate of drug-likeness (QED) is 0.144. The van der Waals surface area contributed by atoms with E-state index in [4.69, 9.17) is 31.2 Å². The van der Waals surface area contributed by atoms with Gasteiger partial charge in [0, 0.05) is 22.2 Å². The lowest BCUT2D eigenvalue weighted by Crippen LogP contribution is -2.31. The van der Waals surface area contributed by atoms with Crippen molar-refractivity contribution >= 4 is 40.9 Å². The van der Waals surface area contributed by atoms with Gasteiger partial charge >= 0.3 is 0 Å². The van der Waals surface area contributed by atoms with E-state index < -0.39 is 6.04 Å². The molecule has 8 nitrogen and oxygen atoms in total. The molecule has 0 aliphatic carbocycles. The van der Waals surface area contributed by atoms with Gasteiger partial charge in [-0.05, 0) is 91.4 Å². The lowest BCUT2D eigenvalue weighted by atomic mass is 9.94. The summed E-state index contributed by atoms with van der Waals surface area (Å²) in [5.74, 6) is 2.05. The molecule has 240 valence electrons. The Kier molecular flexibility index (Phi) is 9.56. The maximum atomic E-state index is 13.9. The average Bonchev–Trinajstić information content (AvgIpc) is 3.47. The Labute approximate surface area is 284 Å². The maximum Gasteiger partial charge on any atom is 0.255 e. The van der Waals surface area contributed by atoms with Crippen molar-refractivity contribution in [1.82, 2.24) is 14.8 Å². The molecule has 47 heavy (non-hydrogen) atoms. The third-order valence-electron chi connectivity index (χ3n) is 8.26. The zero-order chi connectivity index (χ0) is 33.1. The van der Waals surface area contributed by atoms with Crippen LogP contribution < -0.4 is 20.1 Å². The number of methoxy groups -OCH3 is 1. The normalized spacial score (nSPS) is 14.0. The number of halogens is 1. The lowest BCUT2D eigenvalue weighted by Gasteiger charge is -2.29. The molecule has 4 aromatic carbocycles. The highest BCUT2D eigenvalue weighted by Gasteiger charge is 2.35. The standard InChI is InChI=1S/C37H36ClN5O3S/c1-22-17-24(3)28(18-23(22)2)20-46-31-16-15-26(19-32(31)45-5)34-33(35(44)40-29-12-7-6-8-13-29)25(4)39-36-41-37(42-43(34)36)47-21-27-11-9-10-14-30(27)38/h6-19,34H,20-21H2,1-5H3,(H,40,44)(H,39,41,42). The second-order valence-electron chi connectivity index (χ2n) is 11.5. The molecule has 0 saturated heterocycles. The van der Waals surface area contributed by atoms with Gasteiger partial charge in [0.15, 0.2) is 11.5 Å². The number of amides is 1. The smallest absolute Gasteiger partial charge is 0.255 e. The van der Waals surface area contributed by atoms with Crippen LogP contribution in [0.2, 0.25) is 5.02 Å². The van der Waals surface area contributed by atoms with E-state index in [-0.39, 0.29) is 5.91 Å². The average molecular weight is 666 g/mol. The van der Waals surface area contributed by atoms with Gasteiger partial charge in [-0.1, -0.05) is 78.0 Å². The van der Waals surface area contributed by atoms with Crippen LogP contribution >= 0.6 is 23.4 Å². The van der Waals surface area contributed by atoms with Crippen LogP contribution in [0.4, 0.5) is 11.6 Å². The number of benzene rings is 4. The highest BCUT2D eigenvalue weighted by Crippen LogP contribution is 2.40. The highest BCUT2D eigenvalue weighted by atomic mass is 35.5. The molecule has 1 unspecified atom stereocenters. The number of anilines is 2. The number of nitrogens with zero attached hydrogens (tertiary/aromatic N) is 3. The summed E-state index contributed by atoms with van der Waals surface area (Å²) in [6, 6.07) is 26.6. The summed E-state index contributed by atoms with van der Waals surface area (Å²) in [4.78, 5) is 18.7. The molecule has 0 fully saturated rings. The molecule has 1 aliphatic heterocycles. The van der Waals surface area contributed by atoms with E-state index in [1.807, 2.05) is 79.7 Å². The topological polar surface area (TPSA) is 90.3 Å². The van der Waals surface area contributed by atoms with Gasteiger partial charge in [-0.25, -0.2) is 4.68 Å². The van der Waals surface area contributed by atoms with Crippen molar-refractivity contribution in [3.63, 3.8) is 0 Å². The minimum atomic E-state index is -0.595. The van der Waals surface area contributed by atoms with Crippen molar-refractivity contribution in [2.75, 3.05) is 17.7 Å². The minimum Gasteiger partial charge on any atom is -0.493 e. The first-order valence-corrected chi connectivity index (χ1v) is 16.6. The minimum absolute atomic E-state index is 0.248. The van der Waals surface area contributed by atoms with E-state index in [1.165, 1.54) is 28.5 Å². The molecule has 1 atom stereocenters. The van der Waals surface area contributed by atoms with E-state index in [0.717, 1.165) is 16.7 Å². The predicted octanol–water partition coefficient (Wildman–Crippen LogP) is 8.66. The molecule has 1 amide bonds. The van der Waals surface area contributed by atoms with E-state index in [2.05, 4.69) is 43.5 Å². The molecule has 0 saturated carbocycles. The fourth-order valence-corrected chi connectivity index (χ4v) is 6.69. The molecule has 2 heterocycles. The zero-order valence-corrected chi connectivity index (χ0v) is 28.5. The highest BCUT2D eigenvalue weighted by molar-refractivity contribution is 7.98. The van der Waals surface area contributed by atoms with Crippen molar-refractivity contribution in [2.24, 2.45) is 0 Å². The number of ether oxygens (including phenoxy) is 2. The second kappa shape index (κ2) is 13.9. The molecule has 0 bridgehead atoms. The van der Waals surface area contributed by atoms with Crippen molar-refractivity contribution in [1.29, 1.82) is 0 Å². The van der Waals surface area contributed by atoms with Gasteiger partial charge in [-0.15, -0.1) is 5.10 Å². The molecular formula is C37H36ClN5O3S. The van der Waals surface area contributed by atoms with Gasteiger partial charge in [0.25, 0.3) is 5.91 Å². The Morgan fingerprint density at radius 3 is 2.43 bits per heavy atom. The third-order valence-corrected chi connectivity index (χ3v) is 9.52. The van der Waals surface area contributed by atoms with Crippen LogP contribution in [0.5, 0.6) is 11.5 Å². The van der Waals surface area contributed by atoms with Crippen LogP contribution in [0, 0.1) is 20.8 Å². The first-order valence-electron chi connectivity index (χ1n) is 15.3. The number of hydrogen-bond donors (Lipinski definition) is 2. The van der Waals surface area contributed by atoms with Crippen LogP contribution in [0.15, 0.2) is 101 Å². The predicted molar refractivity (Wildman–Crippen MR) is 189 cm³/mol. The third kappa shape index (κ3) is 7.01. The number of fused-ring (bicyclic) bond motifs is 1. The lowest BCUT2D eigenvalue weighted by molar-refractivity contribution is -0.113. The SMILES string of the molecule is COc1cc(C2C(C(=O)Nc3ccccc3)=C(C)Nc3nc(SCc4ccccc4Cl)nn32)ccc1OCc1cc(C)c(C)cc1C. The van der Waals surface area contributed by atoms with Gasteiger partial charge in [-0.2, -0.15) is 4.98 Å². The number of para-hydroxylation sites is 1. The van der Waals surface area contributed by atoms with Gasteiger partial charge in [0.2, 0.25) is 11.1 Å². The van der Waals surface area contributed by atoms with E-state index in [0.29, 0.717) is 56.9 Å². The number of nitrogens with one attached hydrogen (secondary N) is 2. The van der Waals surface area contributed by atoms with Crippen molar-refractivity contribution in [3.8, 4) is 11.5 Å². The Balaban J connectivity index is 1.34. The number of rotatable bonds is 10. The van der Waals surface area contributed by atoms with Crippen LogP contribution in [0.1, 0.15) is 46.3 Å². The first kappa shape index (κ1) is 32.2. The molecule has 0 spiro atoms.